The van der Waals surface area contributed by atoms with Crippen molar-refractivity contribution in [2.75, 3.05) is 18.6 Å². The summed E-state index contributed by atoms with van der Waals surface area (Å²) in [6.07, 6.45) is 2.54. The van der Waals surface area contributed by atoms with Crippen molar-refractivity contribution < 1.29 is 9.47 Å². The van der Waals surface area contributed by atoms with Gasteiger partial charge in [-0.05, 0) is 24.3 Å². The first-order valence-electron chi connectivity index (χ1n) is 6.06. The lowest BCUT2D eigenvalue weighted by molar-refractivity contribution is 0.297. The molecule has 98 valence electrons. The topological polar surface area (TPSA) is 82.3 Å². The largest absolute Gasteiger partial charge is 0.490 e. The Hall–Kier alpha value is -2.34. The lowest BCUT2D eigenvalue weighted by Crippen LogP contribution is -2.10. The second kappa shape index (κ2) is 5.11. The number of aromatic nitrogens is 2. The van der Waals surface area contributed by atoms with Gasteiger partial charge in [-0.2, -0.15) is 0 Å². The van der Waals surface area contributed by atoms with Gasteiger partial charge >= 0.3 is 0 Å². The predicted molar refractivity (Wildman–Crippen MR) is 70.9 cm³/mol. The van der Waals surface area contributed by atoms with Gasteiger partial charge in [0, 0.05) is 18.2 Å². The molecule has 19 heavy (non-hydrogen) atoms. The highest BCUT2D eigenvalue weighted by molar-refractivity contribution is 5.64. The molecule has 1 aliphatic heterocycles. The number of rotatable bonds is 2. The quantitative estimate of drug-likeness (QED) is 0.628. The minimum atomic E-state index is 0.379. The standard InChI is InChI=1S/C13H14N4O2/c14-17-13-15-5-4-10(16-13)9-2-3-11-12(8-9)19-7-1-6-18-11/h2-5,8H,1,6-7,14H2,(H,15,16,17). The average Bonchev–Trinajstić information content (AvgIpc) is 2.71. The monoisotopic (exact) mass is 258 g/mol. The van der Waals surface area contributed by atoms with Crippen LogP contribution in [0.2, 0.25) is 0 Å². The first-order valence-corrected chi connectivity index (χ1v) is 6.06. The van der Waals surface area contributed by atoms with E-state index in [1.54, 1.807) is 6.20 Å². The van der Waals surface area contributed by atoms with Crippen molar-refractivity contribution in [1.82, 2.24) is 9.97 Å². The number of nitrogens with zero attached hydrogens (tertiary/aromatic N) is 2. The summed E-state index contributed by atoms with van der Waals surface area (Å²) in [7, 11) is 0. The normalized spacial score (nSPS) is 13.7. The van der Waals surface area contributed by atoms with E-state index in [1.165, 1.54) is 0 Å². The molecule has 0 saturated carbocycles. The summed E-state index contributed by atoms with van der Waals surface area (Å²) in [4.78, 5) is 8.27. The Bertz CT molecular complexity index is 589. The van der Waals surface area contributed by atoms with Gasteiger partial charge in [-0.15, -0.1) is 0 Å². The zero-order valence-corrected chi connectivity index (χ0v) is 10.3. The second-order valence-corrected chi connectivity index (χ2v) is 4.12. The molecule has 2 heterocycles. The summed E-state index contributed by atoms with van der Waals surface area (Å²) in [5, 5.41) is 0. The van der Waals surface area contributed by atoms with Gasteiger partial charge in [-0.1, -0.05) is 0 Å². The second-order valence-electron chi connectivity index (χ2n) is 4.12. The number of nitrogen functional groups attached to an aromatic ring is 1. The number of benzene rings is 1. The molecule has 0 atom stereocenters. The number of ether oxygens (including phenoxy) is 2. The van der Waals surface area contributed by atoms with Gasteiger partial charge in [-0.3, -0.25) is 5.43 Å². The molecule has 0 fully saturated rings. The van der Waals surface area contributed by atoms with Crippen molar-refractivity contribution in [3.05, 3.63) is 30.5 Å². The van der Waals surface area contributed by atoms with Gasteiger partial charge in [0.2, 0.25) is 5.95 Å². The van der Waals surface area contributed by atoms with Gasteiger partial charge in [0.05, 0.1) is 18.9 Å². The van der Waals surface area contributed by atoms with Gasteiger partial charge in [-0.25, -0.2) is 15.8 Å². The molecule has 3 rings (SSSR count). The van der Waals surface area contributed by atoms with Gasteiger partial charge in [0.1, 0.15) is 0 Å². The van der Waals surface area contributed by atoms with Crippen LogP contribution in [0.3, 0.4) is 0 Å². The molecule has 6 heteroatoms. The van der Waals surface area contributed by atoms with Crippen LogP contribution in [0.25, 0.3) is 11.3 Å². The number of nitrogens with two attached hydrogens (primary N) is 1. The van der Waals surface area contributed by atoms with E-state index in [1.807, 2.05) is 24.3 Å². The molecule has 1 aromatic carbocycles. The lowest BCUT2D eigenvalue weighted by atomic mass is 10.1. The van der Waals surface area contributed by atoms with Crippen LogP contribution < -0.4 is 20.7 Å². The number of hydrogen-bond donors (Lipinski definition) is 2. The zero-order valence-electron chi connectivity index (χ0n) is 10.3. The number of nitrogens with one attached hydrogen (secondary N) is 1. The van der Waals surface area contributed by atoms with E-state index in [2.05, 4.69) is 15.4 Å². The van der Waals surface area contributed by atoms with Crippen LogP contribution in [0.5, 0.6) is 11.5 Å². The Balaban J connectivity index is 1.98. The Morgan fingerprint density at radius 2 is 1.95 bits per heavy atom. The smallest absolute Gasteiger partial charge is 0.237 e. The van der Waals surface area contributed by atoms with Crippen LogP contribution in [-0.2, 0) is 0 Å². The van der Waals surface area contributed by atoms with Crippen LogP contribution in [-0.4, -0.2) is 23.2 Å². The van der Waals surface area contributed by atoms with E-state index >= 15 is 0 Å². The van der Waals surface area contributed by atoms with Crippen LogP contribution in [0, 0.1) is 0 Å². The fourth-order valence-corrected chi connectivity index (χ4v) is 1.91. The van der Waals surface area contributed by atoms with E-state index in [0.717, 1.165) is 29.2 Å². The SMILES string of the molecule is NNc1nccc(-c2ccc3c(c2)OCCCO3)n1. The number of anilines is 1. The Morgan fingerprint density at radius 1 is 1.11 bits per heavy atom. The van der Waals surface area contributed by atoms with Gasteiger partial charge in [0.15, 0.2) is 11.5 Å². The molecule has 1 aromatic heterocycles. The summed E-state index contributed by atoms with van der Waals surface area (Å²) in [6.45, 7) is 1.34. The number of hydrogen-bond acceptors (Lipinski definition) is 6. The molecule has 0 amide bonds. The van der Waals surface area contributed by atoms with Gasteiger partial charge < -0.3 is 9.47 Å². The molecular formula is C13H14N4O2. The molecule has 6 nitrogen and oxygen atoms in total. The fourth-order valence-electron chi connectivity index (χ4n) is 1.91. The van der Waals surface area contributed by atoms with E-state index in [0.29, 0.717) is 19.2 Å². The van der Waals surface area contributed by atoms with Crippen molar-refractivity contribution in [3.8, 4) is 22.8 Å². The lowest BCUT2D eigenvalue weighted by Gasteiger charge is -2.09. The van der Waals surface area contributed by atoms with Crippen molar-refractivity contribution in [1.29, 1.82) is 0 Å². The summed E-state index contributed by atoms with van der Waals surface area (Å²) >= 11 is 0. The maximum atomic E-state index is 5.66. The van der Waals surface area contributed by atoms with Crippen LogP contribution in [0.1, 0.15) is 6.42 Å². The minimum Gasteiger partial charge on any atom is -0.490 e. The molecule has 2 aromatic rings. The highest BCUT2D eigenvalue weighted by Crippen LogP contribution is 2.33. The van der Waals surface area contributed by atoms with E-state index in [9.17, 15) is 0 Å². The predicted octanol–water partition coefficient (Wildman–Crippen LogP) is 1.59. The Kier molecular flexibility index (Phi) is 3.16. The fraction of sp³-hybridized carbons (Fsp3) is 0.231. The molecule has 0 unspecified atom stereocenters. The highest BCUT2D eigenvalue weighted by atomic mass is 16.5. The van der Waals surface area contributed by atoms with E-state index in [4.69, 9.17) is 15.3 Å². The minimum absolute atomic E-state index is 0.379. The van der Waals surface area contributed by atoms with Gasteiger partial charge in [0.25, 0.3) is 0 Å². The number of hydrazine groups is 1. The zero-order chi connectivity index (χ0) is 13.1. The maximum absolute atomic E-state index is 5.66. The summed E-state index contributed by atoms with van der Waals surface area (Å²) in [5.74, 6) is 7.20. The molecule has 0 radical (unpaired) electrons. The third-order valence-electron chi connectivity index (χ3n) is 2.83. The molecule has 0 spiro atoms. The third kappa shape index (κ3) is 2.43. The van der Waals surface area contributed by atoms with E-state index in [-0.39, 0.29) is 0 Å². The van der Waals surface area contributed by atoms with Crippen LogP contribution >= 0.6 is 0 Å². The van der Waals surface area contributed by atoms with E-state index < -0.39 is 0 Å². The molecule has 1 aliphatic rings. The third-order valence-corrected chi connectivity index (χ3v) is 2.83. The first-order chi connectivity index (χ1) is 9.36. The Morgan fingerprint density at radius 3 is 2.79 bits per heavy atom. The number of fused-ring (bicyclic) bond motifs is 1. The summed E-state index contributed by atoms with van der Waals surface area (Å²) in [5.41, 5.74) is 4.14. The molecule has 0 aliphatic carbocycles. The van der Waals surface area contributed by atoms with Crippen molar-refractivity contribution in [2.24, 2.45) is 5.84 Å². The van der Waals surface area contributed by atoms with Crippen molar-refractivity contribution in [3.63, 3.8) is 0 Å². The van der Waals surface area contributed by atoms with Crippen molar-refractivity contribution in [2.45, 2.75) is 6.42 Å². The highest BCUT2D eigenvalue weighted by Gasteiger charge is 2.12. The maximum Gasteiger partial charge on any atom is 0.237 e. The Labute approximate surface area is 110 Å². The summed E-state index contributed by atoms with van der Waals surface area (Å²) in [6, 6.07) is 7.58. The summed E-state index contributed by atoms with van der Waals surface area (Å²) < 4.78 is 11.3. The molecule has 0 saturated heterocycles. The molecule has 3 N–H and O–H groups in total. The average molecular weight is 258 g/mol. The molecular weight excluding hydrogens is 244 g/mol. The first kappa shape index (κ1) is 11.7. The van der Waals surface area contributed by atoms with Crippen LogP contribution in [0.4, 0.5) is 5.95 Å². The van der Waals surface area contributed by atoms with Crippen LogP contribution in [0.15, 0.2) is 30.5 Å². The molecule has 0 bridgehead atoms. The van der Waals surface area contributed by atoms with Crippen molar-refractivity contribution >= 4 is 5.95 Å².